The molecule has 1 aliphatic carbocycles. The molecule has 148 valence electrons. The Morgan fingerprint density at radius 3 is 2.73 bits per heavy atom. The van der Waals surface area contributed by atoms with Gasteiger partial charge >= 0.3 is 5.97 Å². The van der Waals surface area contributed by atoms with E-state index in [2.05, 4.69) is 4.90 Å². The van der Waals surface area contributed by atoms with Crippen LogP contribution < -0.4 is 4.74 Å². The van der Waals surface area contributed by atoms with Crippen LogP contribution in [0.3, 0.4) is 0 Å². The van der Waals surface area contributed by atoms with Crippen molar-refractivity contribution in [2.24, 2.45) is 5.92 Å². The zero-order valence-electron chi connectivity index (χ0n) is 16.2. The van der Waals surface area contributed by atoms with Crippen LogP contribution in [0.4, 0.5) is 0 Å². The molecule has 3 unspecified atom stereocenters. The molecule has 1 aromatic rings. The quantitative estimate of drug-likeness (QED) is 0.729. The maximum absolute atomic E-state index is 11.8. The lowest BCUT2D eigenvalue weighted by molar-refractivity contribution is -0.159. The summed E-state index contributed by atoms with van der Waals surface area (Å²) in [7, 11) is 5.63. The van der Waals surface area contributed by atoms with Gasteiger partial charge in [-0.1, -0.05) is 19.1 Å². The highest BCUT2D eigenvalue weighted by atomic mass is 35.5. The minimum absolute atomic E-state index is 0. The van der Waals surface area contributed by atoms with Gasteiger partial charge in [0.25, 0.3) is 0 Å². The Labute approximate surface area is 163 Å². The first-order chi connectivity index (χ1) is 11.9. The van der Waals surface area contributed by atoms with Crippen molar-refractivity contribution in [3.05, 3.63) is 29.8 Å². The zero-order chi connectivity index (χ0) is 18.4. The molecule has 1 N–H and O–H groups in total. The van der Waals surface area contributed by atoms with Gasteiger partial charge in [0, 0.05) is 18.9 Å². The van der Waals surface area contributed by atoms with E-state index in [0.29, 0.717) is 25.7 Å². The van der Waals surface area contributed by atoms with E-state index in [4.69, 9.17) is 9.47 Å². The molecule has 1 aliphatic rings. The van der Waals surface area contributed by atoms with Gasteiger partial charge in [-0.05, 0) is 57.5 Å². The minimum Gasteiger partial charge on any atom is -0.497 e. The fourth-order valence-electron chi connectivity index (χ4n) is 3.71. The van der Waals surface area contributed by atoms with Crippen molar-refractivity contribution in [3.8, 4) is 5.75 Å². The van der Waals surface area contributed by atoms with Gasteiger partial charge < -0.3 is 19.5 Å². The Morgan fingerprint density at radius 1 is 1.38 bits per heavy atom. The normalized spacial score (nSPS) is 25.5. The van der Waals surface area contributed by atoms with Crippen molar-refractivity contribution in [2.45, 2.75) is 50.7 Å². The SMILES string of the molecule is CCCC(=O)OC1CCC(O)(c2cccc(OC)c2)C(CN(C)C)C1.Cl. The van der Waals surface area contributed by atoms with Crippen LogP contribution in [0, 0.1) is 5.92 Å². The maximum atomic E-state index is 11.8. The number of methoxy groups -OCH3 is 1. The number of benzene rings is 1. The van der Waals surface area contributed by atoms with Crippen LogP contribution in [0.1, 0.15) is 44.6 Å². The average Bonchev–Trinajstić information content (AvgIpc) is 2.58. The molecule has 5 nitrogen and oxygen atoms in total. The molecule has 26 heavy (non-hydrogen) atoms. The van der Waals surface area contributed by atoms with Crippen molar-refractivity contribution in [3.63, 3.8) is 0 Å². The van der Waals surface area contributed by atoms with Crippen molar-refractivity contribution < 1.29 is 19.4 Å². The van der Waals surface area contributed by atoms with E-state index in [1.54, 1.807) is 7.11 Å². The predicted octanol–water partition coefficient (Wildman–Crippen LogP) is 3.38. The highest BCUT2D eigenvalue weighted by Crippen LogP contribution is 2.43. The van der Waals surface area contributed by atoms with Gasteiger partial charge in [0.1, 0.15) is 11.9 Å². The largest absolute Gasteiger partial charge is 0.497 e. The van der Waals surface area contributed by atoms with Gasteiger partial charge in [0.05, 0.1) is 12.7 Å². The minimum atomic E-state index is -0.938. The number of hydrogen-bond acceptors (Lipinski definition) is 5. The van der Waals surface area contributed by atoms with Gasteiger partial charge in [-0.2, -0.15) is 0 Å². The average molecular weight is 386 g/mol. The second-order valence-electron chi connectivity index (χ2n) is 7.25. The molecular weight excluding hydrogens is 354 g/mol. The molecule has 3 atom stereocenters. The lowest BCUT2D eigenvalue weighted by Crippen LogP contribution is -2.47. The van der Waals surface area contributed by atoms with Crippen LogP contribution in [0.25, 0.3) is 0 Å². The molecule has 0 heterocycles. The fourth-order valence-corrected chi connectivity index (χ4v) is 3.71. The summed E-state index contributed by atoms with van der Waals surface area (Å²) in [6.45, 7) is 2.70. The smallest absolute Gasteiger partial charge is 0.306 e. The number of nitrogens with zero attached hydrogens (tertiary/aromatic N) is 1. The fraction of sp³-hybridized carbons (Fsp3) is 0.650. The van der Waals surface area contributed by atoms with Crippen LogP contribution in [-0.4, -0.2) is 49.8 Å². The van der Waals surface area contributed by atoms with Gasteiger partial charge in [-0.3, -0.25) is 4.79 Å². The Balaban J connectivity index is 0.00000338. The first-order valence-electron chi connectivity index (χ1n) is 9.10. The van der Waals surface area contributed by atoms with E-state index in [0.717, 1.165) is 24.3 Å². The van der Waals surface area contributed by atoms with Crippen LogP contribution in [-0.2, 0) is 15.1 Å². The Morgan fingerprint density at radius 2 is 2.12 bits per heavy atom. The molecule has 0 aliphatic heterocycles. The molecule has 0 radical (unpaired) electrons. The first kappa shape index (κ1) is 22.7. The standard InChI is InChI=1S/C20H31NO4.ClH/c1-5-7-19(22)25-18-10-11-20(23,16(13-18)14-21(2)3)15-8-6-9-17(12-15)24-4;/h6,8-9,12,16,18,23H,5,7,10-11,13-14H2,1-4H3;1H. The molecule has 0 spiro atoms. The second kappa shape index (κ2) is 10.1. The number of rotatable bonds is 7. The number of carbonyl (C=O) groups excluding carboxylic acids is 1. The zero-order valence-corrected chi connectivity index (χ0v) is 17.1. The highest BCUT2D eigenvalue weighted by Gasteiger charge is 2.44. The monoisotopic (exact) mass is 385 g/mol. The molecular formula is C20H32ClNO4. The summed E-state index contributed by atoms with van der Waals surface area (Å²) in [5.74, 6) is 0.594. The summed E-state index contributed by atoms with van der Waals surface area (Å²) in [5, 5.41) is 11.5. The third kappa shape index (κ3) is 5.60. The van der Waals surface area contributed by atoms with Crippen molar-refractivity contribution in [1.29, 1.82) is 0 Å². The molecule has 1 fully saturated rings. The number of halogens is 1. The summed E-state index contributed by atoms with van der Waals surface area (Å²) in [6.07, 6.45) is 3.04. The molecule has 1 saturated carbocycles. The van der Waals surface area contributed by atoms with E-state index >= 15 is 0 Å². The van der Waals surface area contributed by atoms with Crippen molar-refractivity contribution in [1.82, 2.24) is 4.90 Å². The third-order valence-electron chi connectivity index (χ3n) is 4.98. The Kier molecular flexibility index (Phi) is 8.87. The van der Waals surface area contributed by atoms with E-state index in [1.165, 1.54) is 0 Å². The Bertz CT molecular complexity index is 581. The van der Waals surface area contributed by atoms with Gasteiger partial charge in [0.2, 0.25) is 0 Å². The molecule has 0 bridgehead atoms. The van der Waals surface area contributed by atoms with Crippen LogP contribution >= 0.6 is 12.4 Å². The topological polar surface area (TPSA) is 59.0 Å². The van der Waals surface area contributed by atoms with Gasteiger partial charge in [-0.15, -0.1) is 12.4 Å². The van der Waals surface area contributed by atoms with Gasteiger partial charge in [0.15, 0.2) is 0 Å². The summed E-state index contributed by atoms with van der Waals surface area (Å²) in [6, 6.07) is 7.65. The number of esters is 1. The molecule has 1 aromatic carbocycles. The summed E-state index contributed by atoms with van der Waals surface area (Å²) < 4.78 is 10.9. The summed E-state index contributed by atoms with van der Waals surface area (Å²) in [5.41, 5.74) is -0.0658. The molecule has 6 heteroatoms. The molecule has 0 aromatic heterocycles. The van der Waals surface area contributed by atoms with Crippen LogP contribution in [0.2, 0.25) is 0 Å². The highest BCUT2D eigenvalue weighted by molar-refractivity contribution is 5.85. The number of ether oxygens (including phenoxy) is 2. The third-order valence-corrected chi connectivity index (χ3v) is 4.98. The predicted molar refractivity (Wildman–Crippen MR) is 105 cm³/mol. The number of aliphatic hydroxyl groups is 1. The number of carbonyl (C=O) groups is 1. The second-order valence-corrected chi connectivity index (χ2v) is 7.25. The van der Waals surface area contributed by atoms with Gasteiger partial charge in [-0.25, -0.2) is 0 Å². The lowest BCUT2D eigenvalue weighted by atomic mass is 9.70. The van der Waals surface area contributed by atoms with Crippen LogP contribution in [0.15, 0.2) is 24.3 Å². The van der Waals surface area contributed by atoms with E-state index in [-0.39, 0.29) is 30.4 Å². The molecule has 0 saturated heterocycles. The van der Waals surface area contributed by atoms with Crippen molar-refractivity contribution in [2.75, 3.05) is 27.7 Å². The number of hydrogen-bond donors (Lipinski definition) is 1. The summed E-state index contributed by atoms with van der Waals surface area (Å²) in [4.78, 5) is 13.9. The molecule has 0 amide bonds. The molecule has 2 rings (SSSR count). The lowest BCUT2D eigenvalue weighted by Gasteiger charge is -2.44. The van der Waals surface area contributed by atoms with E-state index in [9.17, 15) is 9.90 Å². The van der Waals surface area contributed by atoms with E-state index in [1.807, 2.05) is 45.3 Å². The van der Waals surface area contributed by atoms with E-state index < -0.39 is 5.60 Å². The Hall–Kier alpha value is -1.30. The summed E-state index contributed by atoms with van der Waals surface area (Å²) >= 11 is 0. The van der Waals surface area contributed by atoms with Crippen molar-refractivity contribution >= 4 is 18.4 Å². The van der Waals surface area contributed by atoms with Crippen LogP contribution in [0.5, 0.6) is 5.75 Å². The first-order valence-corrected chi connectivity index (χ1v) is 9.10. The maximum Gasteiger partial charge on any atom is 0.306 e.